The average Bonchev–Trinajstić information content (AvgIpc) is 3.25. The fraction of sp³-hybridized carbons (Fsp3) is 0.158. The fourth-order valence-corrected chi connectivity index (χ4v) is 2.88. The molecule has 1 aromatic heterocycles. The summed E-state index contributed by atoms with van der Waals surface area (Å²) in [4.78, 5) is 23.8. The zero-order valence-corrected chi connectivity index (χ0v) is 16.8. The molecule has 0 radical (unpaired) electrons. The molecule has 0 saturated heterocycles. The molecule has 2 amide bonds. The smallest absolute Gasteiger partial charge is 0.277 e. The molecule has 2 N–H and O–H groups in total. The second-order valence-electron chi connectivity index (χ2n) is 5.74. The lowest BCUT2D eigenvalue weighted by Crippen LogP contribution is -2.42. The van der Waals surface area contributed by atoms with Gasteiger partial charge in [-0.3, -0.25) is 20.4 Å². The van der Waals surface area contributed by atoms with Crippen LogP contribution < -0.4 is 20.3 Å². The van der Waals surface area contributed by atoms with Crippen LogP contribution in [0.1, 0.15) is 10.4 Å². The third-order valence-electron chi connectivity index (χ3n) is 3.79. The van der Waals surface area contributed by atoms with Crippen LogP contribution in [0.3, 0.4) is 0 Å². The van der Waals surface area contributed by atoms with Crippen molar-refractivity contribution in [2.45, 2.75) is 5.22 Å². The van der Waals surface area contributed by atoms with E-state index >= 15 is 0 Å². The van der Waals surface area contributed by atoms with Crippen molar-refractivity contribution in [3.63, 3.8) is 0 Å². The van der Waals surface area contributed by atoms with Gasteiger partial charge in [-0.2, -0.15) is 0 Å². The third kappa shape index (κ3) is 5.26. The van der Waals surface area contributed by atoms with Gasteiger partial charge in [-0.1, -0.05) is 11.8 Å². The molecule has 0 aliphatic carbocycles. The summed E-state index contributed by atoms with van der Waals surface area (Å²) in [6.45, 7) is 0. The number of hydrogen-bond donors (Lipinski definition) is 2. The van der Waals surface area contributed by atoms with Gasteiger partial charge in [-0.05, 0) is 42.5 Å². The van der Waals surface area contributed by atoms with Crippen molar-refractivity contribution in [2.75, 3.05) is 20.0 Å². The number of thioether (sulfide) groups is 1. The van der Waals surface area contributed by atoms with Crippen molar-refractivity contribution in [3.05, 3.63) is 53.8 Å². The first kappa shape index (κ1) is 21.1. The van der Waals surface area contributed by atoms with Crippen LogP contribution in [0.2, 0.25) is 0 Å². The standard InChI is InChI=1S/C19H17FN4O5S/c1-27-14-8-5-12(9-15(14)28-2)18-23-24-19(29-18)30-10-16(25)21-22-17(26)11-3-6-13(20)7-4-11/h3-9H,10H2,1-2H3,(H,21,25)(H,22,26). The van der Waals surface area contributed by atoms with Crippen LogP contribution in [0.4, 0.5) is 4.39 Å². The molecule has 3 rings (SSSR count). The van der Waals surface area contributed by atoms with Crippen molar-refractivity contribution in [3.8, 4) is 23.0 Å². The van der Waals surface area contributed by atoms with Gasteiger partial charge in [0.05, 0.1) is 20.0 Å². The molecule has 0 bridgehead atoms. The number of halogens is 1. The van der Waals surface area contributed by atoms with Gasteiger partial charge in [-0.25, -0.2) is 4.39 Å². The summed E-state index contributed by atoms with van der Waals surface area (Å²) in [5, 5.41) is 8.02. The number of rotatable bonds is 7. The maximum absolute atomic E-state index is 12.9. The Morgan fingerprint density at radius 1 is 1.03 bits per heavy atom. The number of nitrogens with zero attached hydrogens (tertiary/aromatic N) is 2. The van der Waals surface area contributed by atoms with Crippen LogP contribution in [-0.2, 0) is 4.79 Å². The predicted octanol–water partition coefficient (Wildman–Crippen LogP) is 2.45. The van der Waals surface area contributed by atoms with Gasteiger partial charge < -0.3 is 13.9 Å². The molecule has 1 heterocycles. The molecule has 3 aromatic rings. The third-order valence-corrected chi connectivity index (χ3v) is 4.60. The highest BCUT2D eigenvalue weighted by molar-refractivity contribution is 7.99. The molecule has 0 aliphatic heterocycles. The molecule has 9 nitrogen and oxygen atoms in total. The molecular weight excluding hydrogens is 415 g/mol. The fourth-order valence-electron chi connectivity index (χ4n) is 2.32. The number of ether oxygens (including phenoxy) is 2. The van der Waals surface area contributed by atoms with Crippen LogP contribution in [0.15, 0.2) is 52.1 Å². The van der Waals surface area contributed by atoms with E-state index in [1.54, 1.807) is 18.2 Å². The van der Waals surface area contributed by atoms with Gasteiger partial charge in [0.1, 0.15) is 5.82 Å². The number of hydrogen-bond acceptors (Lipinski definition) is 8. The molecule has 0 atom stereocenters. The second-order valence-corrected chi connectivity index (χ2v) is 6.67. The van der Waals surface area contributed by atoms with E-state index in [2.05, 4.69) is 21.0 Å². The average molecular weight is 432 g/mol. The normalized spacial score (nSPS) is 10.4. The van der Waals surface area contributed by atoms with E-state index in [-0.39, 0.29) is 22.4 Å². The Labute approximate surface area is 174 Å². The van der Waals surface area contributed by atoms with Gasteiger partial charge in [-0.15, -0.1) is 10.2 Å². The van der Waals surface area contributed by atoms with Gasteiger partial charge in [0, 0.05) is 11.1 Å². The molecule has 0 fully saturated rings. The molecule has 2 aromatic carbocycles. The molecule has 11 heteroatoms. The van der Waals surface area contributed by atoms with E-state index < -0.39 is 17.6 Å². The van der Waals surface area contributed by atoms with E-state index in [0.29, 0.717) is 17.1 Å². The van der Waals surface area contributed by atoms with Gasteiger partial charge in [0.15, 0.2) is 11.5 Å². The highest BCUT2D eigenvalue weighted by Crippen LogP contribution is 2.32. The highest BCUT2D eigenvalue weighted by Gasteiger charge is 2.14. The van der Waals surface area contributed by atoms with Crippen LogP contribution >= 0.6 is 11.8 Å². The van der Waals surface area contributed by atoms with Crippen LogP contribution in [0.5, 0.6) is 11.5 Å². The van der Waals surface area contributed by atoms with Crippen molar-refractivity contribution in [1.29, 1.82) is 0 Å². The maximum atomic E-state index is 12.9. The number of carbonyl (C=O) groups is 2. The van der Waals surface area contributed by atoms with Gasteiger partial charge in [0.25, 0.3) is 11.1 Å². The Hall–Kier alpha value is -3.60. The zero-order valence-electron chi connectivity index (χ0n) is 16.0. The zero-order chi connectivity index (χ0) is 21.5. The lowest BCUT2D eigenvalue weighted by molar-refractivity contribution is -0.119. The lowest BCUT2D eigenvalue weighted by Gasteiger charge is -2.07. The number of aromatic nitrogens is 2. The van der Waals surface area contributed by atoms with E-state index in [9.17, 15) is 14.0 Å². The summed E-state index contributed by atoms with van der Waals surface area (Å²) in [6, 6.07) is 10.1. The second kappa shape index (κ2) is 9.74. The summed E-state index contributed by atoms with van der Waals surface area (Å²) >= 11 is 1.00. The predicted molar refractivity (Wildman–Crippen MR) is 106 cm³/mol. The first-order valence-electron chi connectivity index (χ1n) is 8.53. The van der Waals surface area contributed by atoms with Crippen LogP contribution in [0.25, 0.3) is 11.5 Å². The summed E-state index contributed by atoms with van der Waals surface area (Å²) in [5.41, 5.74) is 5.34. The molecule has 0 unspecified atom stereocenters. The first-order valence-corrected chi connectivity index (χ1v) is 9.52. The Morgan fingerprint density at radius 3 is 2.47 bits per heavy atom. The van der Waals surface area contributed by atoms with Crippen molar-refractivity contribution >= 4 is 23.6 Å². The number of amides is 2. The summed E-state index contributed by atoms with van der Waals surface area (Å²) < 4.78 is 28.8. The van der Waals surface area contributed by atoms with Gasteiger partial charge >= 0.3 is 0 Å². The quantitative estimate of drug-likeness (QED) is 0.432. The minimum atomic E-state index is -0.568. The van der Waals surface area contributed by atoms with Crippen LogP contribution in [0, 0.1) is 5.82 Å². The molecule has 156 valence electrons. The summed E-state index contributed by atoms with van der Waals surface area (Å²) in [6.07, 6.45) is 0. The largest absolute Gasteiger partial charge is 0.493 e. The Kier molecular flexibility index (Phi) is 6.86. The Bertz CT molecular complexity index is 1040. The van der Waals surface area contributed by atoms with Gasteiger partial charge in [0.2, 0.25) is 11.8 Å². The van der Waals surface area contributed by atoms with E-state index in [1.807, 2.05) is 0 Å². The number of benzene rings is 2. The van der Waals surface area contributed by atoms with Crippen molar-refractivity contribution < 1.29 is 27.9 Å². The molecular formula is C19H17FN4O5S. The molecule has 0 aliphatic rings. The number of carbonyl (C=O) groups excluding carboxylic acids is 2. The van der Waals surface area contributed by atoms with E-state index in [0.717, 1.165) is 23.9 Å². The maximum Gasteiger partial charge on any atom is 0.277 e. The van der Waals surface area contributed by atoms with Crippen LogP contribution in [-0.4, -0.2) is 42.0 Å². The minimum Gasteiger partial charge on any atom is -0.493 e. The Balaban J connectivity index is 1.52. The lowest BCUT2D eigenvalue weighted by atomic mass is 10.2. The summed E-state index contributed by atoms with van der Waals surface area (Å²) in [5.74, 6) is -0.254. The van der Waals surface area contributed by atoms with Crippen molar-refractivity contribution in [1.82, 2.24) is 21.0 Å². The number of nitrogens with one attached hydrogen (secondary N) is 2. The molecule has 0 saturated carbocycles. The molecule has 30 heavy (non-hydrogen) atoms. The van der Waals surface area contributed by atoms with E-state index in [1.165, 1.54) is 26.4 Å². The van der Waals surface area contributed by atoms with Crippen molar-refractivity contribution in [2.24, 2.45) is 0 Å². The monoisotopic (exact) mass is 432 g/mol. The summed E-state index contributed by atoms with van der Waals surface area (Å²) in [7, 11) is 3.05. The molecule has 0 spiro atoms. The number of methoxy groups -OCH3 is 2. The highest BCUT2D eigenvalue weighted by atomic mass is 32.2. The number of hydrazine groups is 1. The Morgan fingerprint density at radius 2 is 1.77 bits per heavy atom. The SMILES string of the molecule is COc1ccc(-c2nnc(SCC(=O)NNC(=O)c3ccc(F)cc3)o2)cc1OC. The topological polar surface area (TPSA) is 116 Å². The minimum absolute atomic E-state index is 0.0722. The first-order chi connectivity index (χ1) is 14.5. The van der Waals surface area contributed by atoms with E-state index in [4.69, 9.17) is 13.9 Å².